The van der Waals surface area contributed by atoms with Crippen LogP contribution in [0.5, 0.6) is 0 Å². The molecule has 0 aromatic carbocycles. The molecule has 2 rings (SSSR count). The Kier molecular flexibility index (Phi) is 4.04. The molecule has 1 aromatic heterocycles. The fraction of sp³-hybridized carbons (Fsp3) is 0.714. The molecule has 4 heteroatoms. The highest BCUT2D eigenvalue weighted by molar-refractivity contribution is 5.80. The number of hydrogen-bond donors (Lipinski definition) is 1. The molecule has 0 saturated heterocycles. The van der Waals surface area contributed by atoms with Crippen molar-refractivity contribution in [3.8, 4) is 0 Å². The van der Waals surface area contributed by atoms with Gasteiger partial charge in [-0.3, -0.25) is 4.79 Å². The molecule has 1 heterocycles. The number of aromatic nitrogens is 2. The molecular weight excluding hydrogens is 226 g/mol. The maximum absolute atomic E-state index is 12.2. The highest BCUT2D eigenvalue weighted by atomic mass is 16.2. The molecule has 1 aromatic rings. The van der Waals surface area contributed by atoms with E-state index < -0.39 is 0 Å². The summed E-state index contributed by atoms with van der Waals surface area (Å²) in [6, 6.07) is 0.201. The van der Waals surface area contributed by atoms with Gasteiger partial charge in [0.25, 0.3) is 0 Å². The van der Waals surface area contributed by atoms with Crippen molar-refractivity contribution < 1.29 is 4.79 Å². The van der Waals surface area contributed by atoms with E-state index in [-0.39, 0.29) is 11.9 Å². The van der Waals surface area contributed by atoms with Crippen LogP contribution in [0.1, 0.15) is 56.5 Å². The largest absolute Gasteiger partial charge is 0.352 e. The Hall–Kier alpha value is -1.32. The highest BCUT2D eigenvalue weighted by Gasteiger charge is 2.21. The van der Waals surface area contributed by atoms with Crippen molar-refractivity contribution in [2.75, 3.05) is 0 Å². The fourth-order valence-corrected chi connectivity index (χ4v) is 2.60. The van der Waals surface area contributed by atoms with Crippen LogP contribution in [0.3, 0.4) is 0 Å². The minimum Gasteiger partial charge on any atom is -0.352 e. The summed E-state index contributed by atoms with van der Waals surface area (Å²) >= 11 is 0. The highest BCUT2D eigenvalue weighted by Crippen LogP contribution is 2.19. The van der Waals surface area contributed by atoms with E-state index >= 15 is 0 Å². The molecule has 0 spiro atoms. The van der Waals surface area contributed by atoms with Crippen LogP contribution in [-0.4, -0.2) is 21.5 Å². The number of carbonyl (C=O) groups is 1. The monoisotopic (exact) mass is 249 g/mol. The van der Waals surface area contributed by atoms with Crippen molar-refractivity contribution >= 4 is 5.91 Å². The standard InChI is InChI=1S/C14H23N3O/c1-10-11(2)17(9-15-10)12(3)14(18)16-13-7-5-4-6-8-13/h9,12-13H,4-8H2,1-3H3,(H,16,18). The van der Waals surface area contributed by atoms with E-state index in [1.54, 1.807) is 6.33 Å². The van der Waals surface area contributed by atoms with Gasteiger partial charge in [0.2, 0.25) is 5.91 Å². The molecule has 1 atom stereocenters. The zero-order valence-electron chi connectivity index (χ0n) is 11.6. The molecule has 0 radical (unpaired) electrons. The number of nitrogens with zero attached hydrogens (tertiary/aromatic N) is 2. The van der Waals surface area contributed by atoms with Crippen molar-refractivity contribution in [1.82, 2.24) is 14.9 Å². The van der Waals surface area contributed by atoms with Gasteiger partial charge in [-0.15, -0.1) is 0 Å². The summed E-state index contributed by atoms with van der Waals surface area (Å²) in [5.74, 6) is 0.113. The quantitative estimate of drug-likeness (QED) is 0.894. The SMILES string of the molecule is Cc1ncn(C(C)C(=O)NC2CCCCC2)c1C. The summed E-state index contributed by atoms with van der Waals surface area (Å²) in [7, 11) is 0. The molecule has 1 aliphatic rings. The third-order valence-corrected chi connectivity index (χ3v) is 4.03. The van der Waals surface area contributed by atoms with E-state index in [2.05, 4.69) is 10.3 Å². The lowest BCUT2D eigenvalue weighted by molar-refractivity contribution is -0.124. The number of hydrogen-bond acceptors (Lipinski definition) is 2. The van der Waals surface area contributed by atoms with E-state index in [4.69, 9.17) is 0 Å². The predicted octanol–water partition coefficient (Wildman–Crippen LogP) is 2.51. The third kappa shape index (κ3) is 2.74. The van der Waals surface area contributed by atoms with Gasteiger partial charge in [0.1, 0.15) is 6.04 Å². The molecule has 1 N–H and O–H groups in total. The molecule has 18 heavy (non-hydrogen) atoms. The van der Waals surface area contributed by atoms with Crippen LogP contribution in [0.25, 0.3) is 0 Å². The van der Waals surface area contributed by atoms with Crippen molar-refractivity contribution in [3.63, 3.8) is 0 Å². The first kappa shape index (κ1) is 13.1. The first-order valence-electron chi connectivity index (χ1n) is 6.90. The smallest absolute Gasteiger partial charge is 0.243 e. The lowest BCUT2D eigenvalue weighted by Gasteiger charge is -2.25. The Labute approximate surface area is 109 Å². The maximum Gasteiger partial charge on any atom is 0.243 e. The van der Waals surface area contributed by atoms with Crippen molar-refractivity contribution in [3.05, 3.63) is 17.7 Å². The summed E-state index contributed by atoms with van der Waals surface area (Å²) in [5, 5.41) is 3.17. The zero-order valence-corrected chi connectivity index (χ0v) is 11.6. The van der Waals surface area contributed by atoms with Crippen LogP contribution < -0.4 is 5.32 Å². The molecule has 0 bridgehead atoms. The molecule has 1 unspecified atom stereocenters. The summed E-state index contributed by atoms with van der Waals surface area (Å²) in [6.07, 6.45) is 7.80. The van der Waals surface area contributed by atoms with Gasteiger partial charge in [0.05, 0.1) is 12.0 Å². The molecule has 0 aliphatic heterocycles. The van der Waals surface area contributed by atoms with Gasteiger partial charge >= 0.3 is 0 Å². The van der Waals surface area contributed by atoms with Crippen LogP contribution in [0.15, 0.2) is 6.33 Å². The zero-order chi connectivity index (χ0) is 13.1. The second-order valence-corrected chi connectivity index (χ2v) is 5.34. The van der Waals surface area contributed by atoms with E-state index in [1.807, 2.05) is 25.3 Å². The average Bonchev–Trinajstić information content (AvgIpc) is 2.70. The van der Waals surface area contributed by atoms with E-state index in [0.29, 0.717) is 6.04 Å². The van der Waals surface area contributed by atoms with Crippen molar-refractivity contribution in [1.29, 1.82) is 0 Å². The summed E-state index contributed by atoms with van der Waals surface area (Å²) < 4.78 is 1.95. The maximum atomic E-state index is 12.2. The van der Waals surface area contributed by atoms with Gasteiger partial charge in [-0.1, -0.05) is 19.3 Å². The third-order valence-electron chi connectivity index (χ3n) is 4.03. The molecule has 1 aliphatic carbocycles. The summed E-state index contributed by atoms with van der Waals surface area (Å²) in [4.78, 5) is 16.5. The van der Waals surface area contributed by atoms with E-state index in [1.165, 1.54) is 19.3 Å². The Morgan fingerprint density at radius 3 is 2.61 bits per heavy atom. The summed E-state index contributed by atoms with van der Waals surface area (Å²) in [5.41, 5.74) is 2.06. The number of amides is 1. The lowest BCUT2D eigenvalue weighted by Crippen LogP contribution is -2.40. The second-order valence-electron chi connectivity index (χ2n) is 5.34. The van der Waals surface area contributed by atoms with Gasteiger partial charge < -0.3 is 9.88 Å². The molecule has 100 valence electrons. The Balaban J connectivity index is 1.98. The van der Waals surface area contributed by atoms with Crippen LogP contribution in [0.2, 0.25) is 0 Å². The van der Waals surface area contributed by atoms with Gasteiger partial charge in [0, 0.05) is 11.7 Å². The van der Waals surface area contributed by atoms with Crippen molar-refractivity contribution in [2.24, 2.45) is 0 Å². The van der Waals surface area contributed by atoms with E-state index in [9.17, 15) is 4.79 Å². The van der Waals surface area contributed by atoms with E-state index in [0.717, 1.165) is 24.2 Å². The number of rotatable bonds is 3. The summed E-state index contributed by atoms with van der Waals surface area (Å²) in [6.45, 7) is 5.91. The van der Waals surface area contributed by atoms with Crippen LogP contribution in [-0.2, 0) is 4.79 Å². The van der Waals surface area contributed by atoms with Gasteiger partial charge in [-0.2, -0.15) is 0 Å². The molecule has 4 nitrogen and oxygen atoms in total. The van der Waals surface area contributed by atoms with Crippen LogP contribution >= 0.6 is 0 Å². The van der Waals surface area contributed by atoms with Gasteiger partial charge in [-0.05, 0) is 33.6 Å². The fourth-order valence-electron chi connectivity index (χ4n) is 2.60. The van der Waals surface area contributed by atoms with Gasteiger partial charge in [-0.25, -0.2) is 4.98 Å². The Bertz CT molecular complexity index is 419. The number of imidazole rings is 1. The first-order valence-corrected chi connectivity index (χ1v) is 6.90. The number of carbonyl (C=O) groups excluding carboxylic acids is 1. The second kappa shape index (κ2) is 5.55. The molecule has 1 fully saturated rings. The van der Waals surface area contributed by atoms with Crippen LogP contribution in [0, 0.1) is 13.8 Å². The topological polar surface area (TPSA) is 46.9 Å². The minimum atomic E-state index is -0.173. The Morgan fingerprint density at radius 2 is 2.06 bits per heavy atom. The Morgan fingerprint density at radius 1 is 1.39 bits per heavy atom. The first-order chi connectivity index (χ1) is 8.59. The average molecular weight is 249 g/mol. The van der Waals surface area contributed by atoms with Crippen LogP contribution in [0.4, 0.5) is 0 Å². The van der Waals surface area contributed by atoms with Crippen molar-refractivity contribution in [2.45, 2.75) is 65.0 Å². The number of nitrogens with one attached hydrogen (secondary N) is 1. The van der Waals surface area contributed by atoms with Gasteiger partial charge in [0.15, 0.2) is 0 Å². The molecular formula is C14H23N3O. The number of aryl methyl sites for hydroxylation is 1. The molecule has 1 amide bonds. The lowest BCUT2D eigenvalue weighted by atomic mass is 9.95. The predicted molar refractivity (Wildman–Crippen MR) is 71.4 cm³/mol. The minimum absolute atomic E-state index is 0.113. The normalized spacial score (nSPS) is 18.6. The molecule has 1 saturated carbocycles.